The molecule has 2 fully saturated rings. The largest absolute Gasteiger partial charge is 0.355 e. The maximum Gasteiger partial charge on any atom is 0.164 e. The van der Waals surface area contributed by atoms with E-state index in [1.54, 1.807) is 14.2 Å². The number of ether oxygens (including phenoxy) is 3. The molecule has 4 heteroatoms. The van der Waals surface area contributed by atoms with Gasteiger partial charge in [0.15, 0.2) is 12.6 Å². The summed E-state index contributed by atoms with van der Waals surface area (Å²) >= 11 is 0. The summed E-state index contributed by atoms with van der Waals surface area (Å²) in [6.07, 6.45) is 2.33. The summed E-state index contributed by atoms with van der Waals surface area (Å²) in [5.74, 6) is 0.692. The molecule has 0 aromatic heterocycles. The Morgan fingerprint density at radius 3 is 2.56 bits per heavy atom. The van der Waals surface area contributed by atoms with Gasteiger partial charge in [0.25, 0.3) is 0 Å². The fraction of sp³-hybridized carbons (Fsp3) is 0.750. The molecule has 0 bridgehead atoms. The average molecular weight is 226 g/mol. The SMILES string of the molecule is C=C(C=O)[C@@H]1CC[C@@H]2[C@@H](OC)O[C@@H](OC)[C@@H]21. The van der Waals surface area contributed by atoms with Gasteiger partial charge in [0.1, 0.15) is 6.29 Å². The molecular weight excluding hydrogens is 208 g/mol. The van der Waals surface area contributed by atoms with Gasteiger partial charge in [-0.25, -0.2) is 0 Å². The summed E-state index contributed by atoms with van der Waals surface area (Å²) in [5.41, 5.74) is 0.648. The molecule has 0 spiro atoms. The van der Waals surface area contributed by atoms with Crippen molar-refractivity contribution in [3.8, 4) is 0 Å². The monoisotopic (exact) mass is 226 g/mol. The highest BCUT2D eigenvalue weighted by atomic mass is 16.8. The van der Waals surface area contributed by atoms with Crippen molar-refractivity contribution in [1.29, 1.82) is 0 Å². The minimum atomic E-state index is -0.279. The van der Waals surface area contributed by atoms with Crippen molar-refractivity contribution in [3.63, 3.8) is 0 Å². The van der Waals surface area contributed by atoms with Gasteiger partial charge in [0, 0.05) is 26.1 Å². The lowest BCUT2D eigenvalue weighted by Crippen LogP contribution is -2.26. The van der Waals surface area contributed by atoms with Crippen LogP contribution in [-0.4, -0.2) is 33.1 Å². The van der Waals surface area contributed by atoms with Crippen LogP contribution in [0, 0.1) is 17.8 Å². The molecular formula is C12H18O4. The third-order valence-corrected chi connectivity index (χ3v) is 3.79. The van der Waals surface area contributed by atoms with Crippen LogP contribution in [0.25, 0.3) is 0 Å². The second kappa shape index (κ2) is 4.65. The van der Waals surface area contributed by atoms with E-state index in [0.717, 1.165) is 19.1 Å². The number of carbonyl (C=O) groups excluding carboxylic acids is 1. The standard InChI is InChI=1S/C12H18O4/c1-7(6-13)8-4-5-9-10(8)12(15-3)16-11(9)14-2/h6,8-12H,1,4-5H2,2-3H3/t8-,9-,10+,11-,12+/m0/s1. The van der Waals surface area contributed by atoms with E-state index in [-0.39, 0.29) is 24.4 Å². The van der Waals surface area contributed by atoms with Gasteiger partial charge < -0.3 is 14.2 Å². The smallest absolute Gasteiger partial charge is 0.164 e. The number of hydrogen-bond acceptors (Lipinski definition) is 4. The lowest BCUT2D eigenvalue weighted by atomic mass is 9.86. The molecule has 2 aliphatic rings. The molecule has 0 N–H and O–H groups in total. The fourth-order valence-corrected chi connectivity index (χ4v) is 3.05. The molecule has 0 radical (unpaired) electrons. The summed E-state index contributed by atoms with van der Waals surface area (Å²) in [6, 6.07) is 0. The molecule has 5 atom stereocenters. The maximum absolute atomic E-state index is 10.8. The number of hydrogen-bond donors (Lipinski definition) is 0. The van der Waals surface area contributed by atoms with E-state index in [0.29, 0.717) is 11.5 Å². The van der Waals surface area contributed by atoms with E-state index in [1.807, 2.05) is 0 Å². The van der Waals surface area contributed by atoms with E-state index in [2.05, 4.69) is 6.58 Å². The lowest BCUT2D eigenvalue weighted by molar-refractivity contribution is -0.201. The lowest BCUT2D eigenvalue weighted by Gasteiger charge is -2.22. The quantitative estimate of drug-likeness (QED) is 0.536. The fourth-order valence-electron chi connectivity index (χ4n) is 3.05. The first-order chi connectivity index (χ1) is 7.72. The summed E-state index contributed by atoms with van der Waals surface area (Å²) in [4.78, 5) is 10.8. The molecule has 0 aromatic rings. The average Bonchev–Trinajstić information content (AvgIpc) is 2.87. The normalized spacial score (nSPS) is 42.0. The topological polar surface area (TPSA) is 44.8 Å². The summed E-state index contributed by atoms with van der Waals surface area (Å²) in [6.45, 7) is 3.82. The molecule has 90 valence electrons. The number of fused-ring (bicyclic) bond motifs is 1. The van der Waals surface area contributed by atoms with Crippen molar-refractivity contribution in [2.75, 3.05) is 14.2 Å². The van der Waals surface area contributed by atoms with Gasteiger partial charge >= 0.3 is 0 Å². The van der Waals surface area contributed by atoms with Crippen LogP contribution >= 0.6 is 0 Å². The van der Waals surface area contributed by atoms with Gasteiger partial charge in [-0.1, -0.05) is 6.58 Å². The second-order valence-corrected chi connectivity index (χ2v) is 4.46. The van der Waals surface area contributed by atoms with Crippen LogP contribution in [0.4, 0.5) is 0 Å². The highest BCUT2D eigenvalue weighted by molar-refractivity contribution is 5.73. The molecule has 0 unspecified atom stereocenters. The predicted octanol–water partition coefficient (Wildman–Crippen LogP) is 1.36. The molecule has 1 saturated heterocycles. The first-order valence-corrected chi connectivity index (χ1v) is 5.58. The Kier molecular flexibility index (Phi) is 3.42. The number of rotatable bonds is 4. The Morgan fingerprint density at radius 2 is 2.00 bits per heavy atom. The number of methoxy groups -OCH3 is 2. The maximum atomic E-state index is 10.8. The molecule has 0 amide bonds. The molecule has 1 heterocycles. The zero-order valence-corrected chi connectivity index (χ0v) is 9.72. The summed E-state index contributed by atoms with van der Waals surface area (Å²) < 4.78 is 16.3. The van der Waals surface area contributed by atoms with Crippen molar-refractivity contribution in [3.05, 3.63) is 12.2 Å². The van der Waals surface area contributed by atoms with E-state index in [4.69, 9.17) is 14.2 Å². The van der Waals surface area contributed by atoms with Crippen LogP contribution in [-0.2, 0) is 19.0 Å². The van der Waals surface area contributed by atoms with E-state index < -0.39 is 0 Å². The van der Waals surface area contributed by atoms with Crippen molar-refractivity contribution in [2.24, 2.45) is 17.8 Å². The van der Waals surface area contributed by atoms with Gasteiger partial charge in [0.2, 0.25) is 0 Å². The van der Waals surface area contributed by atoms with Crippen LogP contribution in [0.2, 0.25) is 0 Å². The minimum absolute atomic E-state index is 0.174. The first kappa shape index (κ1) is 11.8. The Hall–Kier alpha value is -0.710. The second-order valence-electron chi connectivity index (χ2n) is 4.46. The van der Waals surface area contributed by atoms with Crippen molar-refractivity contribution < 1.29 is 19.0 Å². The number of carbonyl (C=O) groups is 1. The minimum Gasteiger partial charge on any atom is -0.355 e. The zero-order chi connectivity index (χ0) is 11.7. The Bertz CT molecular complexity index is 289. The van der Waals surface area contributed by atoms with Gasteiger partial charge in [0.05, 0.1) is 0 Å². The van der Waals surface area contributed by atoms with Crippen LogP contribution < -0.4 is 0 Å². The summed E-state index contributed by atoms with van der Waals surface area (Å²) in [7, 11) is 3.26. The predicted molar refractivity (Wildman–Crippen MR) is 57.6 cm³/mol. The van der Waals surface area contributed by atoms with Gasteiger partial charge in [-0.05, 0) is 24.3 Å². The zero-order valence-electron chi connectivity index (χ0n) is 9.72. The number of allylic oxidation sites excluding steroid dienone is 1. The first-order valence-electron chi connectivity index (χ1n) is 5.58. The van der Waals surface area contributed by atoms with Gasteiger partial charge in [-0.2, -0.15) is 0 Å². The van der Waals surface area contributed by atoms with Crippen LogP contribution in [0.15, 0.2) is 12.2 Å². The highest BCUT2D eigenvalue weighted by Crippen LogP contribution is 2.50. The molecule has 1 aliphatic carbocycles. The van der Waals surface area contributed by atoms with Crippen molar-refractivity contribution in [1.82, 2.24) is 0 Å². The van der Waals surface area contributed by atoms with Crippen LogP contribution in [0.1, 0.15) is 12.8 Å². The van der Waals surface area contributed by atoms with Crippen molar-refractivity contribution >= 4 is 6.29 Å². The Balaban J connectivity index is 2.17. The van der Waals surface area contributed by atoms with Crippen LogP contribution in [0.3, 0.4) is 0 Å². The third-order valence-electron chi connectivity index (χ3n) is 3.79. The molecule has 1 aliphatic heterocycles. The van der Waals surface area contributed by atoms with Gasteiger partial charge in [-0.3, -0.25) is 4.79 Å². The summed E-state index contributed by atoms with van der Waals surface area (Å²) in [5, 5.41) is 0. The van der Waals surface area contributed by atoms with E-state index in [1.165, 1.54) is 0 Å². The molecule has 2 rings (SSSR count). The van der Waals surface area contributed by atoms with Gasteiger partial charge in [-0.15, -0.1) is 0 Å². The third kappa shape index (κ3) is 1.71. The van der Waals surface area contributed by atoms with E-state index in [9.17, 15) is 4.79 Å². The molecule has 0 aromatic carbocycles. The number of aldehydes is 1. The highest BCUT2D eigenvalue weighted by Gasteiger charge is 2.52. The van der Waals surface area contributed by atoms with Crippen molar-refractivity contribution in [2.45, 2.75) is 25.4 Å². The van der Waals surface area contributed by atoms with E-state index >= 15 is 0 Å². The molecule has 4 nitrogen and oxygen atoms in total. The molecule has 1 saturated carbocycles. The Morgan fingerprint density at radius 1 is 1.31 bits per heavy atom. The van der Waals surface area contributed by atoms with Crippen LogP contribution in [0.5, 0.6) is 0 Å². The Labute approximate surface area is 95.6 Å². The molecule has 16 heavy (non-hydrogen) atoms.